The highest BCUT2D eigenvalue weighted by Gasteiger charge is 2.24. The predicted molar refractivity (Wildman–Crippen MR) is 53.3 cm³/mol. The van der Waals surface area contributed by atoms with Gasteiger partial charge >= 0.3 is 0 Å². The zero-order valence-corrected chi connectivity index (χ0v) is 9.06. The summed E-state index contributed by atoms with van der Waals surface area (Å²) >= 11 is 0. The van der Waals surface area contributed by atoms with E-state index < -0.39 is 0 Å². The Balaban J connectivity index is 2.06. The molecule has 6 nitrogen and oxygen atoms in total. The third-order valence-corrected chi connectivity index (χ3v) is 2.56. The summed E-state index contributed by atoms with van der Waals surface area (Å²) in [5, 5.41) is 7.27. The Hall–Kier alpha value is -0.980. The number of methoxy groups -OCH3 is 1. The summed E-state index contributed by atoms with van der Waals surface area (Å²) in [7, 11) is 3.68. The molecule has 0 bridgehead atoms. The van der Waals surface area contributed by atoms with Gasteiger partial charge in [0.25, 0.3) is 5.89 Å². The number of nitrogens with zero attached hydrogens (tertiary/aromatic N) is 3. The van der Waals surface area contributed by atoms with Crippen molar-refractivity contribution < 1.29 is 9.26 Å². The van der Waals surface area contributed by atoms with Crippen molar-refractivity contribution in [2.24, 2.45) is 0 Å². The van der Waals surface area contributed by atoms with Gasteiger partial charge in [-0.3, -0.25) is 4.90 Å². The second kappa shape index (κ2) is 4.69. The molecule has 0 spiro atoms. The first-order valence-corrected chi connectivity index (χ1v) is 5.03. The summed E-state index contributed by atoms with van der Waals surface area (Å²) in [6, 6.07) is 0.202. The molecular formula is C9H16N4O2. The molecule has 2 rings (SSSR count). The number of hydrogen-bond acceptors (Lipinski definition) is 6. The number of ether oxygens (including phenoxy) is 1. The van der Waals surface area contributed by atoms with Gasteiger partial charge in [0.05, 0.1) is 6.04 Å². The van der Waals surface area contributed by atoms with Gasteiger partial charge in [-0.05, 0) is 7.05 Å². The summed E-state index contributed by atoms with van der Waals surface area (Å²) < 4.78 is 10.00. The van der Waals surface area contributed by atoms with Crippen molar-refractivity contribution in [1.82, 2.24) is 20.4 Å². The second-order valence-corrected chi connectivity index (χ2v) is 3.68. The standard InChI is InChI=1S/C9H16N4O2/c1-13-4-3-10-5-7(13)9-11-8(6-14-2)15-12-9/h7,10H,3-6H2,1-2H3. The van der Waals surface area contributed by atoms with E-state index in [4.69, 9.17) is 9.26 Å². The lowest BCUT2D eigenvalue weighted by Gasteiger charge is -2.30. The molecule has 1 atom stereocenters. The van der Waals surface area contributed by atoms with Gasteiger partial charge in [-0.25, -0.2) is 0 Å². The van der Waals surface area contributed by atoms with Crippen LogP contribution in [-0.2, 0) is 11.3 Å². The molecule has 15 heavy (non-hydrogen) atoms. The van der Waals surface area contributed by atoms with Crippen LogP contribution in [0.25, 0.3) is 0 Å². The first-order valence-electron chi connectivity index (χ1n) is 5.03. The van der Waals surface area contributed by atoms with E-state index in [-0.39, 0.29) is 6.04 Å². The van der Waals surface area contributed by atoms with Crippen LogP contribution < -0.4 is 5.32 Å². The van der Waals surface area contributed by atoms with Crippen LogP contribution in [0.5, 0.6) is 0 Å². The lowest BCUT2D eigenvalue weighted by atomic mass is 10.2. The Morgan fingerprint density at radius 3 is 3.27 bits per heavy atom. The van der Waals surface area contributed by atoms with Crippen LogP contribution >= 0.6 is 0 Å². The van der Waals surface area contributed by atoms with E-state index >= 15 is 0 Å². The minimum absolute atomic E-state index is 0.202. The van der Waals surface area contributed by atoms with E-state index in [1.165, 1.54) is 0 Å². The summed E-state index contributed by atoms with van der Waals surface area (Å²) in [5.74, 6) is 1.27. The summed E-state index contributed by atoms with van der Waals surface area (Å²) in [5.41, 5.74) is 0. The largest absolute Gasteiger partial charge is 0.375 e. The van der Waals surface area contributed by atoms with Crippen molar-refractivity contribution >= 4 is 0 Å². The van der Waals surface area contributed by atoms with Gasteiger partial charge in [0.2, 0.25) is 0 Å². The number of rotatable bonds is 3. The highest BCUT2D eigenvalue weighted by Crippen LogP contribution is 2.17. The highest BCUT2D eigenvalue weighted by molar-refractivity contribution is 4.97. The van der Waals surface area contributed by atoms with Gasteiger partial charge in [-0.2, -0.15) is 4.98 Å². The zero-order chi connectivity index (χ0) is 10.7. The summed E-state index contributed by atoms with van der Waals surface area (Å²) in [6.07, 6.45) is 0. The average Bonchev–Trinajstić information content (AvgIpc) is 2.68. The average molecular weight is 212 g/mol. The molecule has 0 aliphatic carbocycles. The van der Waals surface area contributed by atoms with Gasteiger partial charge in [0.15, 0.2) is 5.82 Å². The van der Waals surface area contributed by atoms with Crippen LogP contribution in [0.1, 0.15) is 17.8 Å². The van der Waals surface area contributed by atoms with E-state index in [2.05, 4.69) is 27.4 Å². The molecular weight excluding hydrogens is 196 g/mol. The molecule has 0 aromatic carbocycles. The number of nitrogens with one attached hydrogen (secondary N) is 1. The van der Waals surface area contributed by atoms with E-state index in [0.29, 0.717) is 12.5 Å². The maximum Gasteiger partial charge on any atom is 0.252 e. The van der Waals surface area contributed by atoms with Crippen molar-refractivity contribution in [2.75, 3.05) is 33.8 Å². The van der Waals surface area contributed by atoms with Gasteiger partial charge in [-0.1, -0.05) is 5.16 Å². The van der Waals surface area contributed by atoms with Crippen LogP contribution in [-0.4, -0.2) is 48.8 Å². The molecule has 1 unspecified atom stereocenters. The molecule has 84 valence electrons. The fraction of sp³-hybridized carbons (Fsp3) is 0.778. The summed E-state index contributed by atoms with van der Waals surface area (Å²) in [6.45, 7) is 3.24. The third kappa shape index (κ3) is 2.34. The quantitative estimate of drug-likeness (QED) is 0.748. The van der Waals surface area contributed by atoms with Crippen LogP contribution in [0.15, 0.2) is 4.52 Å². The van der Waals surface area contributed by atoms with E-state index in [1.807, 2.05) is 0 Å². The Bertz CT molecular complexity index is 315. The van der Waals surface area contributed by atoms with Gasteiger partial charge in [0, 0.05) is 26.7 Å². The zero-order valence-electron chi connectivity index (χ0n) is 9.06. The van der Waals surface area contributed by atoms with Crippen molar-refractivity contribution in [2.45, 2.75) is 12.6 Å². The van der Waals surface area contributed by atoms with Crippen LogP contribution in [0.2, 0.25) is 0 Å². The van der Waals surface area contributed by atoms with Crippen LogP contribution in [0, 0.1) is 0 Å². The second-order valence-electron chi connectivity index (χ2n) is 3.68. The normalized spacial score (nSPS) is 23.2. The van der Waals surface area contributed by atoms with Crippen molar-refractivity contribution in [3.8, 4) is 0 Å². The van der Waals surface area contributed by atoms with Crippen molar-refractivity contribution in [3.05, 3.63) is 11.7 Å². The lowest BCUT2D eigenvalue weighted by molar-refractivity contribution is 0.151. The fourth-order valence-electron chi connectivity index (χ4n) is 1.68. The lowest BCUT2D eigenvalue weighted by Crippen LogP contribution is -2.44. The molecule has 0 amide bonds. The van der Waals surface area contributed by atoms with Gasteiger partial charge in [-0.15, -0.1) is 0 Å². The maximum absolute atomic E-state index is 5.07. The van der Waals surface area contributed by atoms with E-state index in [1.54, 1.807) is 7.11 Å². The third-order valence-electron chi connectivity index (χ3n) is 2.56. The molecule has 1 aromatic heterocycles. The molecule has 1 N–H and O–H groups in total. The van der Waals surface area contributed by atoms with Crippen LogP contribution in [0.3, 0.4) is 0 Å². The van der Waals surface area contributed by atoms with Gasteiger partial charge < -0.3 is 14.6 Å². The monoisotopic (exact) mass is 212 g/mol. The van der Waals surface area contributed by atoms with Crippen LogP contribution in [0.4, 0.5) is 0 Å². The SMILES string of the molecule is COCc1nc(C2CNCCN2C)no1. The highest BCUT2D eigenvalue weighted by atomic mass is 16.5. The van der Waals surface area contributed by atoms with Gasteiger partial charge in [0.1, 0.15) is 6.61 Å². The Labute approximate surface area is 88.6 Å². The molecule has 1 saturated heterocycles. The molecule has 0 radical (unpaired) electrons. The smallest absolute Gasteiger partial charge is 0.252 e. The number of piperazine rings is 1. The van der Waals surface area contributed by atoms with Crippen molar-refractivity contribution in [1.29, 1.82) is 0 Å². The number of aromatic nitrogens is 2. The van der Waals surface area contributed by atoms with Crippen molar-refractivity contribution in [3.63, 3.8) is 0 Å². The first kappa shape index (κ1) is 10.5. The first-order chi connectivity index (χ1) is 7.31. The molecule has 1 fully saturated rings. The Morgan fingerprint density at radius 2 is 2.53 bits per heavy atom. The number of hydrogen-bond donors (Lipinski definition) is 1. The minimum atomic E-state index is 0.202. The molecule has 2 heterocycles. The fourth-order valence-corrected chi connectivity index (χ4v) is 1.68. The Morgan fingerprint density at radius 1 is 1.67 bits per heavy atom. The molecule has 0 saturated carbocycles. The summed E-state index contributed by atoms with van der Waals surface area (Å²) in [4.78, 5) is 6.51. The van der Waals surface area contributed by atoms with E-state index in [9.17, 15) is 0 Å². The maximum atomic E-state index is 5.07. The topological polar surface area (TPSA) is 63.4 Å². The minimum Gasteiger partial charge on any atom is -0.375 e. The predicted octanol–water partition coefficient (Wildman–Crippen LogP) is -0.208. The molecule has 1 aliphatic rings. The number of likely N-dealkylation sites (N-methyl/N-ethyl adjacent to an activating group) is 1. The van der Waals surface area contributed by atoms with E-state index in [0.717, 1.165) is 25.5 Å². The molecule has 1 aliphatic heterocycles. The molecule has 6 heteroatoms. The Kier molecular flexibility index (Phi) is 3.30. The molecule has 1 aromatic rings.